The Kier molecular flexibility index (Phi) is 9.45. The first-order valence-electron chi connectivity index (χ1n) is 9.74. The summed E-state index contributed by atoms with van der Waals surface area (Å²) in [5, 5.41) is 0. The maximum Gasteiger partial charge on any atom is 0.303 e. The van der Waals surface area contributed by atoms with Gasteiger partial charge in [0.15, 0.2) is 18.3 Å². The van der Waals surface area contributed by atoms with Gasteiger partial charge < -0.3 is 23.7 Å². The molecule has 176 valence electrons. The summed E-state index contributed by atoms with van der Waals surface area (Å²) in [5.74, 6) is -2.99. The zero-order valence-corrected chi connectivity index (χ0v) is 18.9. The molecule has 1 fully saturated rings. The van der Waals surface area contributed by atoms with E-state index in [0.717, 1.165) is 32.5 Å². The highest BCUT2D eigenvalue weighted by Crippen LogP contribution is 2.36. The van der Waals surface area contributed by atoms with Gasteiger partial charge in [0.25, 0.3) is 0 Å². The molecule has 1 aromatic rings. The van der Waals surface area contributed by atoms with Crippen LogP contribution in [0, 0.1) is 5.82 Å². The summed E-state index contributed by atoms with van der Waals surface area (Å²) < 4.78 is 41.1. The van der Waals surface area contributed by atoms with E-state index in [1.165, 1.54) is 13.0 Å². The summed E-state index contributed by atoms with van der Waals surface area (Å²) in [6.45, 7) is 4.34. The van der Waals surface area contributed by atoms with E-state index in [-0.39, 0.29) is 12.4 Å². The predicted octanol–water partition coefficient (Wildman–Crippen LogP) is 2.14. The SMILES string of the molecule is CC(=O)OC[C@@H]1O[C@H](SCc2ccccc2F)[C@H](OC(C)=O)[C@@H](OC(C)=O)[C@@H]1OC(C)=O. The lowest BCUT2D eigenvalue weighted by Gasteiger charge is -2.44. The first kappa shape index (κ1) is 25.6. The Morgan fingerprint density at radius 2 is 1.44 bits per heavy atom. The summed E-state index contributed by atoms with van der Waals surface area (Å²) >= 11 is 1.09. The van der Waals surface area contributed by atoms with Gasteiger partial charge in [0.1, 0.15) is 24.0 Å². The molecule has 1 aliphatic heterocycles. The Balaban J connectivity index is 2.37. The molecule has 0 spiro atoms. The molecule has 1 aromatic carbocycles. The molecule has 5 atom stereocenters. The second-order valence-corrected chi connectivity index (χ2v) is 8.06. The van der Waals surface area contributed by atoms with Crippen molar-refractivity contribution in [2.24, 2.45) is 0 Å². The summed E-state index contributed by atoms with van der Waals surface area (Å²) in [7, 11) is 0. The molecule has 9 nitrogen and oxygen atoms in total. The van der Waals surface area contributed by atoms with Crippen molar-refractivity contribution >= 4 is 35.6 Å². The number of hydrogen-bond acceptors (Lipinski definition) is 10. The van der Waals surface area contributed by atoms with Gasteiger partial charge in [0.05, 0.1) is 0 Å². The molecule has 1 heterocycles. The Bertz CT molecular complexity index is 846. The van der Waals surface area contributed by atoms with E-state index in [1.807, 2.05) is 0 Å². The van der Waals surface area contributed by atoms with Crippen LogP contribution in [0.5, 0.6) is 0 Å². The van der Waals surface area contributed by atoms with Crippen LogP contribution in [0.15, 0.2) is 24.3 Å². The van der Waals surface area contributed by atoms with Crippen LogP contribution in [0.4, 0.5) is 4.39 Å². The molecular formula is C21H25FO9S. The second-order valence-electron chi connectivity index (χ2n) is 6.97. The van der Waals surface area contributed by atoms with Gasteiger partial charge in [0, 0.05) is 33.4 Å². The highest BCUT2D eigenvalue weighted by atomic mass is 32.2. The van der Waals surface area contributed by atoms with Crippen molar-refractivity contribution in [3.8, 4) is 0 Å². The van der Waals surface area contributed by atoms with E-state index in [0.29, 0.717) is 5.56 Å². The van der Waals surface area contributed by atoms with Crippen LogP contribution in [0.1, 0.15) is 33.3 Å². The number of hydrogen-bond donors (Lipinski definition) is 0. The molecule has 0 aromatic heterocycles. The van der Waals surface area contributed by atoms with E-state index >= 15 is 0 Å². The molecule has 1 saturated heterocycles. The van der Waals surface area contributed by atoms with Crippen molar-refractivity contribution in [2.75, 3.05) is 6.61 Å². The summed E-state index contributed by atoms with van der Waals surface area (Å²) in [5.41, 5.74) is -0.569. The number of esters is 4. The maximum atomic E-state index is 14.1. The Labute approximate surface area is 188 Å². The molecular weight excluding hydrogens is 447 g/mol. The molecule has 2 rings (SSSR count). The number of halogens is 1. The van der Waals surface area contributed by atoms with Crippen LogP contribution in [0.25, 0.3) is 0 Å². The highest BCUT2D eigenvalue weighted by Gasteiger charge is 2.52. The van der Waals surface area contributed by atoms with Crippen LogP contribution in [-0.4, -0.2) is 60.3 Å². The van der Waals surface area contributed by atoms with Crippen LogP contribution >= 0.6 is 11.8 Å². The van der Waals surface area contributed by atoms with Crippen molar-refractivity contribution in [3.05, 3.63) is 35.6 Å². The maximum absolute atomic E-state index is 14.1. The number of ether oxygens (including phenoxy) is 5. The average molecular weight is 472 g/mol. The Morgan fingerprint density at radius 1 is 0.875 bits per heavy atom. The first-order chi connectivity index (χ1) is 15.1. The number of benzene rings is 1. The van der Waals surface area contributed by atoms with Crippen LogP contribution in [0.2, 0.25) is 0 Å². The fourth-order valence-corrected chi connectivity index (χ4v) is 4.31. The second kappa shape index (κ2) is 11.8. The van der Waals surface area contributed by atoms with Crippen molar-refractivity contribution in [1.82, 2.24) is 0 Å². The van der Waals surface area contributed by atoms with Crippen molar-refractivity contribution in [2.45, 2.75) is 63.3 Å². The van der Waals surface area contributed by atoms with Gasteiger partial charge in [-0.25, -0.2) is 4.39 Å². The largest absolute Gasteiger partial charge is 0.463 e. The van der Waals surface area contributed by atoms with Gasteiger partial charge in [-0.15, -0.1) is 11.8 Å². The number of rotatable bonds is 8. The molecule has 0 aliphatic carbocycles. The topological polar surface area (TPSA) is 114 Å². The lowest BCUT2D eigenvalue weighted by atomic mass is 9.99. The van der Waals surface area contributed by atoms with Crippen LogP contribution < -0.4 is 0 Å². The van der Waals surface area contributed by atoms with E-state index in [9.17, 15) is 23.6 Å². The van der Waals surface area contributed by atoms with Crippen molar-refractivity contribution in [3.63, 3.8) is 0 Å². The minimum Gasteiger partial charge on any atom is -0.463 e. The third-order valence-electron chi connectivity index (χ3n) is 4.31. The average Bonchev–Trinajstić information content (AvgIpc) is 2.68. The molecule has 0 amide bonds. The minimum absolute atomic E-state index is 0.139. The van der Waals surface area contributed by atoms with E-state index in [4.69, 9.17) is 23.7 Å². The van der Waals surface area contributed by atoms with Crippen LogP contribution in [-0.2, 0) is 48.6 Å². The Morgan fingerprint density at radius 3 is 2.00 bits per heavy atom. The summed E-state index contributed by atoms with van der Waals surface area (Å²) in [4.78, 5) is 46.6. The van der Waals surface area contributed by atoms with Crippen LogP contribution in [0.3, 0.4) is 0 Å². The summed E-state index contributed by atoms with van der Waals surface area (Å²) in [6.07, 6.45) is -4.67. The quantitative estimate of drug-likeness (QED) is 0.412. The van der Waals surface area contributed by atoms with Gasteiger partial charge in [-0.05, 0) is 11.6 Å². The van der Waals surface area contributed by atoms with E-state index < -0.39 is 59.5 Å². The van der Waals surface area contributed by atoms with Gasteiger partial charge in [-0.1, -0.05) is 18.2 Å². The third-order valence-corrected chi connectivity index (χ3v) is 5.49. The van der Waals surface area contributed by atoms with Gasteiger partial charge in [-0.2, -0.15) is 0 Å². The molecule has 0 saturated carbocycles. The lowest BCUT2D eigenvalue weighted by molar-refractivity contribution is -0.237. The standard InChI is InChI=1S/C21H25FO9S/c1-11(23)27-9-17-18(28-12(2)24)19(29-13(3)25)20(30-14(4)26)21(31-17)32-10-15-7-5-6-8-16(15)22/h5-8,17-21H,9-10H2,1-4H3/t17-,18+,19-,20+,21+/m0/s1. The van der Waals surface area contributed by atoms with Crippen molar-refractivity contribution < 1.29 is 47.3 Å². The van der Waals surface area contributed by atoms with Crippen molar-refractivity contribution in [1.29, 1.82) is 0 Å². The predicted molar refractivity (Wildman–Crippen MR) is 110 cm³/mol. The Hall–Kier alpha value is -2.66. The molecule has 32 heavy (non-hydrogen) atoms. The number of carbonyl (C=O) groups excluding carboxylic acids is 4. The zero-order chi connectivity index (χ0) is 23.8. The highest BCUT2D eigenvalue weighted by molar-refractivity contribution is 7.99. The number of thioether (sulfide) groups is 1. The van der Waals surface area contributed by atoms with Gasteiger partial charge in [0.2, 0.25) is 0 Å². The fourth-order valence-electron chi connectivity index (χ4n) is 3.11. The minimum atomic E-state index is -1.24. The lowest BCUT2D eigenvalue weighted by Crippen LogP contribution is -2.61. The van der Waals surface area contributed by atoms with Gasteiger partial charge >= 0.3 is 23.9 Å². The molecule has 0 radical (unpaired) electrons. The number of carbonyl (C=O) groups is 4. The monoisotopic (exact) mass is 472 g/mol. The molecule has 0 unspecified atom stereocenters. The molecule has 0 bridgehead atoms. The molecule has 0 N–H and O–H groups in total. The first-order valence-corrected chi connectivity index (χ1v) is 10.8. The normalized spacial score (nSPS) is 24.8. The van der Waals surface area contributed by atoms with E-state index in [2.05, 4.69) is 0 Å². The van der Waals surface area contributed by atoms with Gasteiger partial charge in [-0.3, -0.25) is 19.2 Å². The van der Waals surface area contributed by atoms with E-state index in [1.54, 1.807) is 18.2 Å². The molecule has 11 heteroatoms. The summed E-state index contributed by atoms with van der Waals surface area (Å²) in [6, 6.07) is 6.13. The smallest absolute Gasteiger partial charge is 0.303 e. The zero-order valence-electron chi connectivity index (χ0n) is 18.1. The third kappa shape index (κ3) is 7.49. The fraction of sp³-hybridized carbons (Fsp3) is 0.524. The molecule has 1 aliphatic rings.